The van der Waals surface area contributed by atoms with E-state index in [1.165, 1.54) is 0 Å². The highest BCUT2D eigenvalue weighted by atomic mass is 35.5. The molecule has 2 rings (SSSR count). The van der Waals surface area contributed by atoms with Gasteiger partial charge in [-0.25, -0.2) is 0 Å². The van der Waals surface area contributed by atoms with E-state index in [4.69, 9.17) is 10.3 Å². The summed E-state index contributed by atoms with van der Waals surface area (Å²) in [6.07, 6.45) is 4.14. The van der Waals surface area contributed by atoms with E-state index < -0.39 is 0 Å². The number of hydrogen-bond acceptors (Lipinski definition) is 5. The maximum absolute atomic E-state index is 11.6. The van der Waals surface area contributed by atoms with Crippen molar-refractivity contribution in [1.29, 1.82) is 0 Å². The molecule has 1 heterocycles. The monoisotopic (exact) mass is 302 g/mol. The van der Waals surface area contributed by atoms with E-state index >= 15 is 0 Å². The highest BCUT2D eigenvalue weighted by Crippen LogP contribution is 2.38. The summed E-state index contributed by atoms with van der Waals surface area (Å²) in [7, 11) is 0. The summed E-state index contributed by atoms with van der Waals surface area (Å²) in [5, 5.41) is 6.75. The topological polar surface area (TPSA) is 94.0 Å². The standard InChI is InChI=1S/C13H22N4O2.ClH/c1-13(2,14)8-15-10(18)4-3-5-11-16-12(17-19-11)9-6-7-9;/h9H,3-8,14H2,1-2H3,(H,15,18);1H. The number of nitrogens with two attached hydrogens (primary N) is 1. The molecule has 0 aromatic carbocycles. The largest absolute Gasteiger partial charge is 0.354 e. The van der Waals surface area contributed by atoms with Crippen LogP contribution in [-0.4, -0.2) is 28.1 Å². The van der Waals surface area contributed by atoms with Gasteiger partial charge in [0.1, 0.15) is 0 Å². The van der Waals surface area contributed by atoms with Crippen molar-refractivity contribution in [2.75, 3.05) is 6.54 Å². The van der Waals surface area contributed by atoms with Crippen LogP contribution in [0.2, 0.25) is 0 Å². The molecule has 1 saturated carbocycles. The Morgan fingerprint density at radius 3 is 2.80 bits per heavy atom. The predicted molar refractivity (Wildman–Crippen MR) is 77.7 cm³/mol. The van der Waals surface area contributed by atoms with Gasteiger partial charge >= 0.3 is 0 Å². The molecule has 1 aliphatic carbocycles. The SMILES string of the molecule is CC(C)(N)CNC(=O)CCCc1nc(C2CC2)no1.Cl. The van der Waals surface area contributed by atoms with Crippen LogP contribution in [0.15, 0.2) is 4.52 Å². The smallest absolute Gasteiger partial charge is 0.226 e. The van der Waals surface area contributed by atoms with Crippen molar-refractivity contribution in [2.45, 2.75) is 57.4 Å². The number of amides is 1. The van der Waals surface area contributed by atoms with Crippen LogP contribution in [0, 0.1) is 0 Å². The molecule has 1 aliphatic rings. The molecule has 1 amide bonds. The minimum atomic E-state index is -0.374. The maximum atomic E-state index is 11.6. The van der Waals surface area contributed by atoms with Crippen LogP contribution in [0.25, 0.3) is 0 Å². The van der Waals surface area contributed by atoms with Crippen molar-refractivity contribution in [3.8, 4) is 0 Å². The minimum absolute atomic E-state index is 0. The van der Waals surface area contributed by atoms with Crippen LogP contribution in [-0.2, 0) is 11.2 Å². The summed E-state index contributed by atoms with van der Waals surface area (Å²) < 4.78 is 5.15. The van der Waals surface area contributed by atoms with E-state index in [0.717, 1.165) is 18.7 Å². The average Bonchev–Trinajstić information content (AvgIpc) is 3.07. The first-order valence-corrected chi connectivity index (χ1v) is 6.82. The Morgan fingerprint density at radius 2 is 2.20 bits per heavy atom. The van der Waals surface area contributed by atoms with E-state index in [1.807, 2.05) is 13.8 Å². The highest BCUT2D eigenvalue weighted by molar-refractivity contribution is 5.85. The second-order valence-corrected chi connectivity index (χ2v) is 5.94. The summed E-state index contributed by atoms with van der Waals surface area (Å²) in [6.45, 7) is 4.24. The van der Waals surface area contributed by atoms with Crippen molar-refractivity contribution >= 4 is 18.3 Å². The molecule has 0 unspecified atom stereocenters. The van der Waals surface area contributed by atoms with Gasteiger partial charge in [0.05, 0.1) is 0 Å². The Kier molecular flexibility index (Phi) is 5.95. The molecule has 0 spiro atoms. The molecule has 0 aliphatic heterocycles. The van der Waals surface area contributed by atoms with Crippen LogP contribution in [0.1, 0.15) is 57.2 Å². The molecule has 1 aromatic rings. The summed E-state index contributed by atoms with van der Waals surface area (Å²) in [5.74, 6) is 1.98. The zero-order valence-corrected chi connectivity index (χ0v) is 12.8. The van der Waals surface area contributed by atoms with Crippen LogP contribution >= 0.6 is 12.4 Å². The number of hydrogen-bond donors (Lipinski definition) is 2. The number of rotatable bonds is 7. The zero-order chi connectivity index (χ0) is 13.9. The summed E-state index contributed by atoms with van der Waals surface area (Å²) in [6, 6.07) is 0. The van der Waals surface area contributed by atoms with Crippen LogP contribution in [0.5, 0.6) is 0 Å². The summed E-state index contributed by atoms with van der Waals surface area (Å²) in [4.78, 5) is 15.9. The van der Waals surface area contributed by atoms with Crippen molar-refractivity contribution in [1.82, 2.24) is 15.5 Å². The van der Waals surface area contributed by atoms with Crippen molar-refractivity contribution in [3.05, 3.63) is 11.7 Å². The van der Waals surface area contributed by atoms with E-state index in [0.29, 0.717) is 37.6 Å². The second kappa shape index (κ2) is 7.04. The Bertz CT molecular complexity index is 438. The van der Waals surface area contributed by atoms with Gasteiger partial charge in [-0.05, 0) is 33.1 Å². The lowest BCUT2D eigenvalue weighted by Crippen LogP contribution is -2.45. The molecule has 0 radical (unpaired) electrons. The van der Waals surface area contributed by atoms with E-state index in [-0.39, 0.29) is 23.9 Å². The molecule has 7 heteroatoms. The molecule has 1 fully saturated rings. The number of halogens is 1. The van der Waals surface area contributed by atoms with Gasteiger partial charge in [-0.3, -0.25) is 4.79 Å². The molecule has 3 N–H and O–H groups in total. The van der Waals surface area contributed by atoms with E-state index in [1.54, 1.807) is 0 Å². The van der Waals surface area contributed by atoms with Crippen molar-refractivity contribution < 1.29 is 9.32 Å². The predicted octanol–water partition coefficient (Wildman–Crippen LogP) is 1.54. The molecule has 114 valence electrons. The first-order chi connectivity index (χ1) is 8.94. The second-order valence-electron chi connectivity index (χ2n) is 5.94. The summed E-state index contributed by atoms with van der Waals surface area (Å²) in [5.41, 5.74) is 5.42. The Hall–Kier alpha value is -1.14. The first kappa shape index (κ1) is 16.9. The number of aromatic nitrogens is 2. The number of carbonyl (C=O) groups excluding carboxylic acids is 1. The van der Waals surface area contributed by atoms with Crippen molar-refractivity contribution in [3.63, 3.8) is 0 Å². The number of carbonyl (C=O) groups is 1. The fourth-order valence-corrected chi connectivity index (χ4v) is 1.69. The van der Waals surface area contributed by atoms with E-state index in [2.05, 4.69) is 15.5 Å². The zero-order valence-electron chi connectivity index (χ0n) is 12.0. The van der Waals surface area contributed by atoms with Crippen LogP contribution < -0.4 is 11.1 Å². The van der Waals surface area contributed by atoms with Gasteiger partial charge < -0.3 is 15.6 Å². The minimum Gasteiger partial charge on any atom is -0.354 e. The van der Waals surface area contributed by atoms with Gasteiger partial charge in [0.25, 0.3) is 0 Å². The lowest BCUT2D eigenvalue weighted by atomic mass is 10.1. The Labute approximate surface area is 125 Å². The summed E-state index contributed by atoms with van der Waals surface area (Å²) >= 11 is 0. The normalized spacial score (nSPS) is 14.8. The molecule has 0 atom stereocenters. The molecular weight excluding hydrogens is 280 g/mol. The Morgan fingerprint density at radius 1 is 1.50 bits per heavy atom. The molecular formula is C13H23ClN4O2. The van der Waals surface area contributed by atoms with Gasteiger partial charge in [0.15, 0.2) is 5.82 Å². The number of aryl methyl sites for hydroxylation is 1. The van der Waals surface area contributed by atoms with Gasteiger partial charge in [-0.1, -0.05) is 5.16 Å². The molecule has 0 bridgehead atoms. The van der Waals surface area contributed by atoms with Gasteiger partial charge in [0, 0.05) is 30.8 Å². The molecule has 1 aromatic heterocycles. The molecule has 6 nitrogen and oxygen atoms in total. The lowest BCUT2D eigenvalue weighted by molar-refractivity contribution is -0.121. The third kappa shape index (κ3) is 5.88. The maximum Gasteiger partial charge on any atom is 0.226 e. The number of nitrogens with one attached hydrogen (secondary N) is 1. The van der Waals surface area contributed by atoms with Crippen LogP contribution in [0.4, 0.5) is 0 Å². The quantitative estimate of drug-likeness (QED) is 0.797. The fraction of sp³-hybridized carbons (Fsp3) is 0.769. The Balaban J connectivity index is 0.00000200. The van der Waals surface area contributed by atoms with Crippen LogP contribution in [0.3, 0.4) is 0 Å². The van der Waals surface area contributed by atoms with Crippen molar-refractivity contribution in [2.24, 2.45) is 5.73 Å². The fourth-order valence-electron chi connectivity index (χ4n) is 1.69. The number of nitrogens with zero attached hydrogens (tertiary/aromatic N) is 2. The lowest BCUT2D eigenvalue weighted by Gasteiger charge is -2.18. The average molecular weight is 303 g/mol. The molecule has 0 saturated heterocycles. The third-order valence-electron chi connectivity index (χ3n) is 2.96. The van der Waals surface area contributed by atoms with Gasteiger partial charge in [-0.15, -0.1) is 12.4 Å². The van der Waals surface area contributed by atoms with Gasteiger partial charge in [-0.2, -0.15) is 4.98 Å². The van der Waals surface area contributed by atoms with Gasteiger partial charge in [0.2, 0.25) is 11.8 Å². The highest BCUT2D eigenvalue weighted by Gasteiger charge is 2.28. The first-order valence-electron chi connectivity index (χ1n) is 6.82. The third-order valence-corrected chi connectivity index (χ3v) is 2.96. The molecule has 20 heavy (non-hydrogen) atoms. The van der Waals surface area contributed by atoms with E-state index in [9.17, 15) is 4.79 Å².